The molecule has 2 rings (SSSR count). The summed E-state index contributed by atoms with van der Waals surface area (Å²) in [6.07, 6.45) is 4.69. The molecule has 0 aromatic carbocycles. The maximum atomic E-state index is 5.66. The number of aliphatic imine (C=N–C) groups is 1. The average Bonchev–Trinajstić information content (AvgIpc) is 2.64. The Hall–Kier alpha value is -1.89. The van der Waals surface area contributed by atoms with Crippen LogP contribution in [-0.2, 0) is 4.74 Å². The first-order valence-electron chi connectivity index (χ1n) is 9.33. The zero-order chi connectivity index (χ0) is 17.9. The standard InChI is InChI=1S/C18H32N6O/c1-4-19-17(22-9-15-25-14-6-16(2)3)23-10-12-24(13-11-23)18-20-7-5-8-21-18/h5,7-8,16H,4,6,9-15H2,1-3H3,(H,19,22). The highest BCUT2D eigenvalue weighted by Crippen LogP contribution is 2.09. The molecule has 7 nitrogen and oxygen atoms in total. The van der Waals surface area contributed by atoms with Crippen molar-refractivity contribution in [3.05, 3.63) is 18.5 Å². The number of nitrogens with zero attached hydrogens (tertiary/aromatic N) is 5. The lowest BCUT2D eigenvalue weighted by Crippen LogP contribution is -2.53. The van der Waals surface area contributed by atoms with E-state index in [1.54, 1.807) is 12.4 Å². The molecule has 0 unspecified atom stereocenters. The van der Waals surface area contributed by atoms with Crippen molar-refractivity contribution in [1.29, 1.82) is 0 Å². The molecule has 0 aliphatic carbocycles. The second kappa shape index (κ2) is 10.9. The number of piperazine rings is 1. The van der Waals surface area contributed by atoms with Crippen LogP contribution in [0, 0.1) is 5.92 Å². The first-order valence-corrected chi connectivity index (χ1v) is 9.33. The van der Waals surface area contributed by atoms with Crippen LogP contribution in [0.1, 0.15) is 27.2 Å². The van der Waals surface area contributed by atoms with E-state index in [1.165, 1.54) is 0 Å². The highest BCUT2D eigenvalue weighted by molar-refractivity contribution is 5.80. The van der Waals surface area contributed by atoms with Gasteiger partial charge in [0, 0.05) is 51.7 Å². The lowest BCUT2D eigenvalue weighted by molar-refractivity contribution is 0.130. The van der Waals surface area contributed by atoms with Crippen LogP contribution >= 0.6 is 0 Å². The van der Waals surface area contributed by atoms with E-state index >= 15 is 0 Å². The fraction of sp³-hybridized carbons (Fsp3) is 0.722. The number of hydrogen-bond donors (Lipinski definition) is 1. The Morgan fingerprint density at radius 3 is 2.56 bits per heavy atom. The molecule has 1 aliphatic heterocycles. The van der Waals surface area contributed by atoms with Gasteiger partial charge in [-0.15, -0.1) is 0 Å². The van der Waals surface area contributed by atoms with Gasteiger partial charge in [0.05, 0.1) is 13.2 Å². The molecule has 1 aliphatic rings. The molecule has 2 heterocycles. The lowest BCUT2D eigenvalue weighted by Gasteiger charge is -2.36. The van der Waals surface area contributed by atoms with Gasteiger partial charge in [0.15, 0.2) is 5.96 Å². The smallest absolute Gasteiger partial charge is 0.225 e. The summed E-state index contributed by atoms with van der Waals surface area (Å²) in [6, 6.07) is 1.85. The summed E-state index contributed by atoms with van der Waals surface area (Å²) < 4.78 is 5.66. The predicted molar refractivity (Wildman–Crippen MR) is 102 cm³/mol. The molecule has 1 aromatic rings. The molecule has 0 saturated carbocycles. The van der Waals surface area contributed by atoms with E-state index in [2.05, 4.69) is 45.9 Å². The molecule has 1 saturated heterocycles. The largest absolute Gasteiger partial charge is 0.380 e. The number of anilines is 1. The zero-order valence-corrected chi connectivity index (χ0v) is 15.8. The van der Waals surface area contributed by atoms with E-state index in [-0.39, 0.29) is 0 Å². The third-order valence-electron chi connectivity index (χ3n) is 4.09. The Bertz CT molecular complexity index is 500. The quantitative estimate of drug-likeness (QED) is 0.438. The Kier molecular flexibility index (Phi) is 8.45. The van der Waals surface area contributed by atoms with E-state index in [4.69, 9.17) is 9.73 Å². The van der Waals surface area contributed by atoms with Crippen LogP contribution in [0.5, 0.6) is 0 Å². The minimum absolute atomic E-state index is 0.680. The van der Waals surface area contributed by atoms with Gasteiger partial charge in [-0.3, -0.25) is 4.99 Å². The van der Waals surface area contributed by atoms with Crippen molar-refractivity contribution in [1.82, 2.24) is 20.2 Å². The molecule has 140 valence electrons. The maximum absolute atomic E-state index is 5.66. The predicted octanol–water partition coefficient (Wildman–Crippen LogP) is 1.63. The first-order chi connectivity index (χ1) is 12.2. The second-order valence-electron chi connectivity index (χ2n) is 6.55. The van der Waals surface area contributed by atoms with Crippen molar-refractivity contribution in [2.45, 2.75) is 27.2 Å². The van der Waals surface area contributed by atoms with Crippen molar-refractivity contribution in [3.63, 3.8) is 0 Å². The van der Waals surface area contributed by atoms with Gasteiger partial charge in [-0.05, 0) is 25.3 Å². The maximum Gasteiger partial charge on any atom is 0.225 e. The van der Waals surface area contributed by atoms with E-state index in [9.17, 15) is 0 Å². The number of aromatic nitrogens is 2. The summed E-state index contributed by atoms with van der Waals surface area (Å²) in [5.74, 6) is 2.47. The van der Waals surface area contributed by atoms with E-state index in [1.807, 2.05) is 6.07 Å². The highest BCUT2D eigenvalue weighted by Gasteiger charge is 2.20. The molecule has 7 heteroatoms. The van der Waals surface area contributed by atoms with Crippen LogP contribution in [-0.4, -0.2) is 73.3 Å². The molecule has 1 aromatic heterocycles. The third kappa shape index (κ3) is 6.86. The van der Waals surface area contributed by atoms with Crippen LogP contribution in [0.4, 0.5) is 5.95 Å². The Morgan fingerprint density at radius 1 is 1.20 bits per heavy atom. The number of ether oxygens (including phenoxy) is 1. The van der Waals surface area contributed by atoms with Gasteiger partial charge in [-0.1, -0.05) is 13.8 Å². The minimum atomic E-state index is 0.680. The summed E-state index contributed by atoms with van der Waals surface area (Å²) >= 11 is 0. The van der Waals surface area contributed by atoms with Crippen LogP contribution < -0.4 is 10.2 Å². The first kappa shape index (κ1) is 19.4. The Balaban J connectivity index is 1.77. The normalized spacial score (nSPS) is 15.8. The highest BCUT2D eigenvalue weighted by atomic mass is 16.5. The van der Waals surface area contributed by atoms with E-state index < -0.39 is 0 Å². The molecule has 1 N–H and O–H groups in total. The fourth-order valence-electron chi connectivity index (χ4n) is 2.64. The van der Waals surface area contributed by atoms with Gasteiger partial charge in [0.2, 0.25) is 5.95 Å². The summed E-state index contributed by atoms with van der Waals surface area (Å²) in [5, 5.41) is 3.39. The fourth-order valence-corrected chi connectivity index (χ4v) is 2.64. The van der Waals surface area contributed by atoms with E-state index in [0.29, 0.717) is 19.1 Å². The SMILES string of the molecule is CCNC(=NCCOCCC(C)C)N1CCN(c2ncccn2)CC1. The average molecular weight is 348 g/mol. The second-order valence-corrected chi connectivity index (χ2v) is 6.55. The molecule has 0 amide bonds. The number of rotatable bonds is 8. The number of guanidine groups is 1. The van der Waals surface area contributed by atoms with Crippen molar-refractivity contribution >= 4 is 11.9 Å². The van der Waals surface area contributed by atoms with Gasteiger partial charge in [0.25, 0.3) is 0 Å². The van der Waals surface area contributed by atoms with Gasteiger partial charge < -0.3 is 19.9 Å². The third-order valence-corrected chi connectivity index (χ3v) is 4.09. The number of nitrogens with one attached hydrogen (secondary N) is 1. The molecule has 0 radical (unpaired) electrons. The summed E-state index contributed by atoms with van der Waals surface area (Å²) in [5.41, 5.74) is 0. The van der Waals surface area contributed by atoms with Gasteiger partial charge >= 0.3 is 0 Å². The zero-order valence-electron chi connectivity index (χ0n) is 15.8. The van der Waals surface area contributed by atoms with Gasteiger partial charge in [-0.2, -0.15) is 0 Å². The number of hydrogen-bond acceptors (Lipinski definition) is 5. The Morgan fingerprint density at radius 2 is 1.92 bits per heavy atom. The van der Waals surface area contributed by atoms with Crippen molar-refractivity contribution in [2.24, 2.45) is 10.9 Å². The van der Waals surface area contributed by atoms with Gasteiger partial charge in [-0.25, -0.2) is 9.97 Å². The summed E-state index contributed by atoms with van der Waals surface area (Å²) in [7, 11) is 0. The minimum Gasteiger partial charge on any atom is -0.380 e. The molecule has 0 atom stereocenters. The van der Waals surface area contributed by atoms with Crippen LogP contribution in [0.25, 0.3) is 0 Å². The van der Waals surface area contributed by atoms with Crippen molar-refractivity contribution < 1.29 is 4.74 Å². The molecule has 0 spiro atoms. The monoisotopic (exact) mass is 348 g/mol. The van der Waals surface area contributed by atoms with Crippen LogP contribution in [0.15, 0.2) is 23.5 Å². The molecule has 25 heavy (non-hydrogen) atoms. The Labute approximate surface area is 151 Å². The lowest BCUT2D eigenvalue weighted by atomic mass is 10.1. The molecule has 1 fully saturated rings. The van der Waals surface area contributed by atoms with Crippen molar-refractivity contribution in [2.75, 3.05) is 57.4 Å². The molecular weight excluding hydrogens is 316 g/mol. The van der Waals surface area contributed by atoms with Crippen molar-refractivity contribution in [3.8, 4) is 0 Å². The van der Waals surface area contributed by atoms with Crippen LogP contribution in [0.2, 0.25) is 0 Å². The molecular formula is C18H32N6O. The molecule has 0 bridgehead atoms. The van der Waals surface area contributed by atoms with Crippen LogP contribution in [0.3, 0.4) is 0 Å². The topological polar surface area (TPSA) is 65.9 Å². The van der Waals surface area contributed by atoms with Gasteiger partial charge in [0.1, 0.15) is 0 Å². The summed E-state index contributed by atoms with van der Waals surface area (Å²) in [4.78, 5) is 17.9. The summed E-state index contributed by atoms with van der Waals surface area (Å²) in [6.45, 7) is 13.2. The van der Waals surface area contributed by atoms with E-state index in [0.717, 1.165) is 57.7 Å².